The van der Waals surface area contributed by atoms with Gasteiger partial charge in [0.25, 0.3) is 0 Å². The third-order valence-electron chi connectivity index (χ3n) is 3.10. The number of rotatable bonds is 7. The number of amides is 1. The Morgan fingerprint density at radius 3 is 2.75 bits per heavy atom. The van der Waals surface area contributed by atoms with Crippen LogP contribution in [0.4, 0.5) is 0 Å². The summed E-state index contributed by atoms with van der Waals surface area (Å²) in [5, 5.41) is 8.54. The van der Waals surface area contributed by atoms with Gasteiger partial charge in [0.15, 0.2) is 0 Å². The second-order valence-electron chi connectivity index (χ2n) is 4.28. The molecular weight excluding hydrogens is 204 g/mol. The van der Waals surface area contributed by atoms with Crippen molar-refractivity contribution in [2.75, 3.05) is 26.8 Å². The van der Waals surface area contributed by atoms with Gasteiger partial charge in [-0.15, -0.1) is 0 Å². The van der Waals surface area contributed by atoms with Gasteiger partial charge in [-0.1, -0.05) is 6.42 Å². The van der Waals surface area contributed by atoms with Crippen LogP contribution >= 0.6 is 0 Å². The topological polar surface area (TPSA) is 53.3 Å². The van der Waals surface area contributed by atoms with E-state index in [4.69, 9.17) is 10.00 Å². The second kappa shape index (κ2) is 7.24. The molecule has 1 saturated carbocycles. The van der Waals surface area contributed by atoms with Gasteiger partial charge in [0.2, 0.25) is 5.91 Å². The molecule has 1 aliphatic rings. The van der Waals surface area contributed by atoms with Crippen molar-refractivity contribution in [3.63, 3.8) is 0 Å². The summed E-state index contributed by atoms with van der Waals surface area (Å²) in [7, 11) is 1.62. The van der Waals surface area contributed by atoms with Crippen LogP contribution in [0.15, 0.2) is 0 Å². The Morgan fingerprint density at radius 2 is 2.25 bits per heavy atom. The van der Waals surface area contributed by atoms with Crippen molar-refractivity contribution in [2.24, 2.45) is 5.92 Å². The highest BCUT2D eigenvalue weighted by molar-refractivity contribution is 5.76. The van der Waals surface area contributed by atoms with Gasteiger partial charge in [-0.3, -0.25) is 4.79 Å². The lowest BCUT2D eigenvalue weighted by Crippen LogP contribution is -2.36. The maximum absolute atomic E-state index is 11.9. The van der Waals surface area contributed by atoms with E-state index in [2.05, 4.69) is 6.07 Å². The van der Waals surface area contributed by atoms with Crippen molar-refractivity contribution in [3.05, 3.63) is 0 Å². The molecule has 0 heterocycles. The standard InChI is InChI=1S/C12H20N2O2/c1-16-9-8-14(7-3-6-13)12(15)10-11-4-2-5-11/h11H,2-5,7-10H2,1H3. The van der Waals surface area contributed by atoms with E-state index in [9.17, 15) is 4.79 Å². The van der Waals surface area contributed by atoms with E-state index in [0.29, 0.717) is 38.5 Å². The fourth-order valence-electron chi connectivity index (χ4n) is 1.82. The van der Waals surface area contributed by atoms with Gasteiger partial charge >= 0.3 is 0 Å². The fraction of sp³-hybridized carbons (Fsp3) is 0.833. The number of nitrogens with zero attached hydrogens (tertiary/aromatic N) is 2. The molecule has 90 valence electrons. The molecule has 0 aromatic rings. The lowest BCUT2D eigenvalue weighted by molar-refractivity contribution is -0.133. The molecule has 0 N–H and O–H groups in total. The molecule has 4 heteroatoms. The third kappa shape index (κ3) is 4.19. The first kappa shape index (κ1) is 13.0. The Bertz CT molecular complexity index is 256. The first-order chi connectivity index (χ1) is 7.77. The quantitative estimate of drug-likeness (QED) is 0.659. The van der Waals surface area contributed by atoms with Gasteiger partial charge in [0, 0.05) is 26.6 Å². The number of hydrogen-bond acceptors (Lipinski definition) is 3. The summed E-state index contributed by atoms with van der Waals surface area (Å²) in [6.45, 7) is 1.68. The Balaban J connectivity index is 2.32. The minimum absolute atomic E-state index is 0.178. The summed E-state index contributed by atoms with van der Waals surface area (Å²) in [5.74, 6) is 0.761. The van der Waals surface area contributed by atoms with E-state index in [-0.39, 0.29) is 5.91 Å². The molecule has 0 spiro atoms. The van der Waals surface area contributed by atoms with E-state index < -0.39 is 0 Å². The molecule has 0 aromatic carbocycles. The summed E-state index contributed by atoms with van der Waals surface area (Å²) in [4.78, 5) is 13.7. The summed E-state index contributed by atoms with van der Waals surface area (Å²) < 4.78 is 4.97. The van der Waals surface area contributed by atoms with Crippen molar-refractivity contribution in [1.82, 2.24) is 4.90 Å². The van der Waals surface area contributed by atoms with Crippen LogP contribution in [0.1, 0.15) is 32.1 Å². The zero-order chi connectivity index (χ0) is 11.8. The zero-order valence-corrected chi connectivity index (χ0v) is 9.95. The average Bonchev–Trinajstić information content (AvgIpc) is 2.23. The van der Waals surface area contributed by atoms with Gasteiger partial charge in [0.05, 0.1) is 19.1 Å². The number of ether oxygens (including phenoxy) is 1. The number of carbonyl (C=O) groups is 1. The zero-order valence-electron chi connectivity index (χ0n) is 9.95. The van der Waals surface area contributed by atoms with E-state index in [1.165, 1.54) is 19.3 Å². The molecule has 0 aliphatic heterocycles. The van der Waals surface area contributed by atoms with Crippen LogP contribution in [-0.2, 0) is 9.53 Å². The minimum Gasteiger partial charge on any atom is -0.383 e. The summed E-state index contributed by atoms with van der Waals surface area (Å²) in [6.07, 6.45) is 4.67. The first-order valence-corrected chi connectivity index (χ1v) is 5.91. The highest BCUT2D eigenvalue weighted by Crippen LogP contribution is 2.29. The van der Waals surface area contributed by atoms with E-state index >= 15 is 0 Å². The Labute approximate surface area is 97.2 Å². The number of hydrogen-bond donors (Lipinski definition) is 0. The largest absolute Gasteiger partial charge is 0.383 e. The molecular formula is C12H20N2O2. The highest BCUT2D eigenvalue weighted by Gasteiger charge is 2.23. The molecule has 16 heavy (non-hydrogen) atoms. The lowest BCUT2D eigenvalue weighted by atomic mass is 9.82. The predicted molar refractivity (Wildman–Crippen MR) is 60.6 cm³/mol. The third-order valence-corrected chi connectivity index (χ3v) is 3.10. The maximum atomic E-state index is 11.9. The van der Waals surface area contributed by atoms with Crippen molar-refractivity contribution < 1.29 is 9.53 Å². The van der Waals surface area contributed by atoms with Crippen LogP contribution in [0, 0.1) is 17.2 Å². The monoisotopic (exact) mass is 224 g/mol. The van der Waals surface area contributed by atoms with Gasteiger partial charge in [-0.2, -0.15) is 5.26 Å². The van der Waals surface area contributed by atoms with Gasteiger partial charge in [-0.05, 0) is 18.8 Å². The summed E-state index contributed by atoms with van der Waals surface area (Å²) in [5.41, 5.74) is 0. The Kier molecular flexibility index (Phi) is 5.87. The molecule has 0 unspecified atom stereocenters. The minimum atomic E-state index is 0.178. The Hall–Kier alpha value is -1.08. The van der Waals surface area contributed by atoms with Crippen molar-refractivity contribution in [3.8, 4) is 6.07 Å². The molecule has 0 atom stereocenters. The normalized spacial score (nSPS) is 15.2. The van der Waals surface area contributed by atoms with Crippen molar-refractivity contribution in [1.29, 1.82) is 5.26 Å². The molecule has 4 nitrogen and oxygen atoms in total. The number of nitriles is 1. The van der Waals surface area contributed by atoms with Gasteiger partial charge < -0.3 is 9.64 Å². The molecule has 0 aromatic heterocycles. The van der Waals surface area contributed by atoms with E-state index in [1.54, 1.807) is 12.0 Å². The number of carbonyl (C=O) groups excluding carboxylic acids is 1. The molecule has 1 aliphatic carbocycles. The van der Waals surface area contributed by atoms with Crippen LogP contribution in [0.5, 0.6) is 0 Å². The van der Waals surface area contributed by atoms with Crippen LogP contribution in [0.2, 0.25) is 0 Å². The first-order valence-electron chi connectivity index (χ1n) is 5.91. The van der Waals surface area contributed by atoms with Crippen LogP contribution in [0.25, 0.3) is 0 Å². The Morgan fingerprint density at radius 1 is 1.50 bits per heavy atom. The number of methoxy groups -OCH3 is 1. The predicted octanol–water partition coefficient (Wildman–Crippen LogP) is 1.57. The molecule has 1 amide bonds. The molecule has 0 bridgehead atoms. The fourth-order valence-corrected chi connectivity index (χ4v) is 1.82. The summed E-state index contributed by atoms with van der Waals surface area (Å²) >= 11 is 0. The molecule has 0 saturated heterocycles. The van der Waals surface area contributed by atoms with Gasteiger partial charge in [-0.25, -0.2) is 0 Å². The van der Waals surface area contributed by atoms with E-state index in [1.807, 2.05) is 0 Å². The van der Waals surface area contributed by atoms with Crippen LogP contribution < -0.4 is 0 Å². The summed E-state index contributed by atoms with van der Waals surface area (Å²) in [6, 6.07) is 2.08. The van der Waals surface area contributed by atoms with Crippen LogP contribution in [0.3, 0.4) is 0 Å². The molecule has 1 fully saturated rings. The second-order valence-corrected chi connectivity index (χ2v) is 4.28. The van der Waals surface area contributed by atoms with Crippen molar-refractivity contribution in [2.45, 2.75) is 32.1 Å². The van der Waals surface area contributed by atoms with Crippen LogP contribution in [-0.4, -0.2) is 37.6 Å². The van der Waals surface area contributed by atoms with E-state index in [0.717, 1.165) is 0 Å². The lowest BCUT2D eigenvalue weighted by Gasteiger charge is -2.28. The van der Waals surface area contributed by atoms with Crippen molar-refractivity contribution >= 4 is 5.91 Å². The highest BCUT2D eigenvalue weighted by atomic mass is 16.5. The average molecular weight is 224 g/mol. The molecule has 0 radical (unpaired) electrons. The molecule has 1 rings (SSSR count). The van der Waals surface area contributed by atoms with Gasteiger partial charge in [0.1, 0.15) is 0 Å². The smallest absolute Gasteiger partial charge is 0.222 e. The SMILES string of the molecule is COCCN(CCC#N)C(=O)CC1CCC1. The maximum Gasteiger partial charge on any atom is 0.222 e.